The molecule has 3 aromatic carbocycles. The van der Waals surface area contributed by atoms with Crippen LogP contribution in [0.15, 0.2) is 60.7 Å². The van der Waals surface area contributed by atoms with Crippen molar-refractivity contribution < 1.29 is 24.1 Å². The van der Waals surface area contributed by atoms with Crippen LogP contribution in [0.2, 0.25) is 0 Å². The lowest BCUT2D eigenvalue weighted by Gasteiger charge is -2.15. The maximum absolute atomic E-state index is 14.8. The second-order valence-corrected chi connectivity index (χ2v) is 7.70. The van der Waals surface area contributed by atoms with Gasteiger partial charge in [-0.15, -0.1) is 0 Å². The van der Waals surface area contributed by atoms with Gasteiger partial charge < -0.3 is 14.9 Å². The molecule has 0 radical (unpaired) electrons. The first-order valence-electron chi connectivity index (χ1n) is 10.1. The van der Waals surface area contributed by atoms with E-state index in [1.165, 1.54) is 6.07 Å². The van der Waals surface area contributed by atoms with E-state index in [0.29, 0.717) is 23.4 Å². The molecular weight excluding hydrogens is 409 g/mol. The van der Waals surface area contributed by atoms with Gasteiger partial charge in [-0.05, 0) is 65.6 Å². The van der Waals surface area contributed by atoms with E-state index in [1.807, 2.05) is 49.4 Å². The molecule has 0 atom stereocenters. The monoisotopic (exact) mass is 431 g/mol. The van der Waals surface area contributed by atoms with Crippen molar-refractivity contribution in [1.82, 2.24) is 4.98 Å². The van der Waals surface area contributed by atoms with Gasteiger partial charge >= 0.3 is 5.97 Å². The van der Waals surface area contributed by atoms with Gasteiger partial charge in [-0.2, -0.15) is 0 Å². The van der Waals surface area contributed by atoms with Crippen LogP contribution in [0.3, 0.4) is 0 Å². The van der Waals surface area contributed by atoms with E-state index in [0.717, 1.165) is 27.5 Å². The molecule has 0 unspecified atom stereocenters. The van der Waals surface area contributed by atoms with E-state index in [2.05, 4.69) is 4.98 Å². The highest BCUT2D eigenvalue weighted by Gasteiger charge is 2.17. The second-order valence-electron chi connectivity index (χ2n) is 7.70. The molecule has 0 amide bonds. The Morgan fingerprint density at radius 3 is 2.53 bits per heavy atom. The summed E-state index contributed by atoms with van der Waals surface area (Å²) < 4.78 is 19.8. The van der Waals surface area contributed by atoms with E-state index in [9.17, 15) is 14.3 Å². The summed E-state index contributed by atoms with van der Waals surface area (Å²) in [6.45, 7) is 2.85. The zero-order valence-corrected chi connectivity index (χ0v) is 17.7. The molecule has 4 aromatic rings. The highest BCUT2D eigenvalue weighted by molar-refractivity contribution is 5.87. The molecule has 6 heteroatoms. The molecule has 4 rings (SSSR count). The second kappa shape index (κ2) is 8.67. The van der Waals surface area contributed by atoms with Gasteiger partial charge in [0.2, 0.25) is 0 Å². The summed E-state index contributed by atoms with van der Waals surface area (Å²) in [7, 11) is 0. The highest BCUT2D eigenvalue weighted by atomic mass is 19.1. The molecule has 32 heavy (non-hydrogen) atoms. The Labute approximate surface area is 184 Å². The zero-order valence-electron chi connectivity index (χ0n) is 17.7. The number of hydrogen-bond acceptors (Lipinski definition) is 4. The number of ether oxygens (including phenoxy) is 1. The summed E-state index contributed by atoms with van der Waals surface area (Å²) in [4.78, 5) is 15.4. The molecule has 1 aromatic heterocycles. The van der Waals surface area contributed by atoms with Crippen molar-refractivity contribution in [2.45, 2.75) is 20.3 Å². The average Bonchev–Trinajstić information content (AvgIpc) is 2.78. The van der Waals surface area contributed by atoms with Crippen LogP contribution >= 0.6 is 0 Å². The van der Waals surface area contributed by atoms with E-state index in [4.69, 9.17) is 9.84 Å². The molecule has 0 saturated heterocycles. The number of carboxylic acids is 1. The van der Waals surface area contributed by atoms with Gasteiger partial charge in [0.15, 0.2) is 18.2 Å². The maximum atomic E-state index is 14.8. The van der Waals surface area contributed by atoms with Crippen molar-refractivity contribution in [2.24, 2.45) is 0 Å². The SMILES string of the molecule is Cc1cc(OCC(=O)O)c(F)c(C)c1Cc1ccc(O)c(-c2ccc3ccccc3c2)n1. The first-order chi connectivity index (χ1) is 15.3. The number of rotatable bonds is 6. The van der Waals surface area contributed by atoms with Crippen molar-refractivity contribution in [3.8, 4) is 22.8 Å². The number of carbonyl (C=O) groups is 1. The van der Waals surface area contributed by atoms with E-state index >= 15 is 0 Å². The predicted octanol–water partition coefficient (Wildman–Crippen LogP) is 5.42. The number of halogens is 1. The molecule has 0 aliphatic rings. The van der Waals surface area contributed by atoms with Crippen molar-refractivity contribution in [3.63, 3.8) is 0 Å². The zero-order chi connectivity index (χ0) is 22.8. The van der Waals surface area contributed by atoms with Crippen LogP contribution in [0.25, 0.3) is 22.0 Å². The molecule has 0 spiro atoms. The normalized spacial score (nSPS) is 11.0. The average molecular weight is 431 g/mol. The molecule has 162 valence electrons. The largest absolute Gasteiger partial charge is 0.506 e. The summed E-state index contributed by atoms with van der Waals surface area (Å²) in [6.07, 6.45) is 0.356. The summed E-state index contributed by atoms with van der Waals surface area (Å²) in [5.41, 5.74) is 3.83. The van der Waals surface area contributed by atoms with Crippen molar-refractivity contribution >= 4 is 16.7 Å². The molecule has 0 aliphatic carbocycles. The number of aliphatic carboxylic acids is 1. The summed E-state index contributed by atoms with van der Waals surface area (Å²) in [5.74, 6) is -1.76. The molecule has 1 heterocycles. The third kappa shape index (κ3) is 4.25. The molecular formula is C26H22FNO4. The summed E-state index contributed by atoms with van der Waals surface area (Å²) >= 11 is 0. The van der Waals surface area contributed by atoms with Crippen LogP contribution < -0.4 is 4.74 Å². The van der Waals surface area contributed by atoms with Crippen LogP contribution in [0.1, 0.15) is 22.4 Å². The number of hydrogen-bond donors (Lipinski definition) is 2. The van der Waals surface area contributed by atoms with Gasteiger partial charge in [0.1, 0.15) is 11.4 Å². The van der Waals surface area contributed by atoms with E-state index < -0.39 is 18.4 Å². The lowest BCUT2D eigenvalue weighted by atomic mass is 9.96. The van der Waals surface area contributed by atoms with E-state index in [-0.39, 0.29) is 11.5 Å². The van der Waals surface area contributed by atoms with Gasteiger partial charge in [-0.3, -0.25) is 0 Å². The van der Waals surface area contributed by atoms with Crippen molar-refractivity contribution in [1.29, 1.82) is 0 Å². The first-order valence-corrected chi connectivity index (χ1v) is 10.1. The van der Waals surface area contributed by atoms with Gasteiger partial charge in [0.25, 0.3) is 0 Å². The van der Waals surface area contributed by atoms with Crippen LogP contribution in [0, 0.1) is 19.7 Å². The van der Waals surface area contributed by atoms with Gasteiger partial charge in [0, 0.05) is 17.7 Å². The minimum absolute atomic E-state index is 0.0704. The maximum Gasteiger partial charge on any atom is 0.341 e. The highest BCUT2D eigenvalue weighted by Crippen LogP contribution is 2.32. The Morgan fingerprint density at radius 1 is 1.03 bits per heavy atom. The van der Waals surface area contributed by atoms with Gasteiger partial charge in [-0.25, -0.2) is 14.2 Å². The third-order valence-corrected chi connectivity index (χ3v) is 5.49. The molecule has 0 saturated carbocycles. The fourth-order valence-electron chi connectivity index (χ4n) is 3.80. The minimum atomic E-state index is -1.17. The first kappa shape index (κ1) is 21.3. The number of pyridine rings is 1. The predicted molar refractivity (Wildman–Crippen MR) is 121 cm³/mol. The van der Waals surface area contributed by atoms with Crippen LogP contribution in [-0.2, 0) is 11.2 Å². The standard InChI is InChI=1S/C26H22FNO4/c1-15-11-23(32-14-24(30)31)25(27)16(2)21(15)13-20-9-10-22(29)26(28-20)19-8-7-17-5-3-4-6-18(17)12-19/h3-12,29H,13-14H2,1-2H3,(H,30,31). The van der Waals surface area contributed by atoms with Crippen molar-refractivity contribution in [3.05, 3.63) is 88.9 Å². The quantitative estimate of drug-likeness (QED) is 0.426. The fourth-order valence-corrected chi connectivity index (χ4v) is 3.80. The fraction of sp³-hybridized carbons (Fsp3) is 0.154. The molecule has 0 bridgehead atoms. The van der Waals surface area contributed by atoms with Crippen LogP contribution in [0.4, 0.5) is 4.39 Å². The minimum Gasteiger partial charge on any atom is -0.506 e. The Kier molecular flexibility index (Phi) is 5.77. The lowest BCUT2D eigenvalue weighted by Crippen LogP contribution is -2.11. The molecule has 0 fully saturated rings. The Balaban J connectivity index is 1.68. The molecule has 0 aliphatic heterocycles. The smallest absolute Gasteiger partial charge is 0.341 e. The Morgan fingerprint density at radius 2 is 1.78 bits per heavy atom. The number of benzene rings is 3. The van der Waals surface area contributed by atoms with Crippen molar-refractivity contribution in [2.75, 3.05) is 6.61 Å². The Hall–Kier alpha value is -3.93. The van der Waals surface area contributed by atoms with Gasteiger partial charge in [-0.1, -0.05) is 36.4 Å². The van der Waals surface area contributed by atoms with Gasteiger partial charge in [0.05, 0.1) is 0 Å². The summed E-state index contributed by atoms with van der Waals surface area (Å²) in [5, 5.41) is 21.4. The Bertz CT molecular complexity index is 1330. The third-order valence-electron chi connectivity index (χ3n) is 5.49. The number of aryl methyl sites for hydroxylation is 1. The molecule has 2 N–H and O–H groups in total. The van der Waals surface area contributed by atoms with Crippen LogP contribution in [0.5, 0.6) is 11.5 Å². The van der Waals surface area contributed by atoms with E-state index in [1.54, 1.807) is 19.1 Å². The molecule has 5 nitrogen and oxygen atoms in total. The number of nitrogens with zero attached hydrogens (tertiary/aromatic N) is 1. The van der Waals surface area contributed by atoms with Crippen LogP contribution in [-0.4, -0.2) is 27.8 Å². The number of fused-ring (bicyclic) bond motifs is 1. The lowest BCUT2D eigenvalue weighted by molar-refractivity contribution is -0.139. The number of aromatic nitrogens is 1. The summed E-state index contributed by atoms with van der Waals surface area (Å²) in [6, 6.07) is 18.6. The topological polar surface area (TPSA) is 79.7 Å². The number of aromatic hydroxyl groups is 1. The number of carboxylic acid groups (broad SMARTS) is 1.